The Hall–Kier alpha value is -5.92. The predicted octanol–water partition coefficient (Wildman–Crippen LogP) is 12.6. The highest BCUT2D eigenvalue weighted by molar-refractivity contribution is 6.24. The molecule has 0 atom stereocenters. The van der Waals surface area contributed by atoms with E-state index in [1.807, 2.05) is 0 Å². The minimum absolute atomic E-state index is 0.132. The van der Waals surface area contributed by atoms with Crippen LogP contribution in [0.5, 0.6) is 0 Å². The lowest BCUT2D eigenvalue weighted by atomic mass is 9.83. The molecule has 0 saturated carbocycles. The molecule has 0 aliphatic heterocycles. The van der Waals surface area contributed by atoms with Gasteiger partial charge in [0.1, 0.15) is 11.2 Å². The SMILES string of the molecule is [2H]c1c([2H])c([2H])c(-c2c([2H])c([2H])c([2H])c(-c3c4ccccc4c(-c4c([2H])c([2H])c5c(oc6c([2H])c([2H])c([2H])c([2H])c65)c4-c4c([2H])c([2H])c([2H])c([2H])c4[2H])c4ccccc34)c2[2H])c([2H])c1[2H]. The van der Waals surface area contributed by atoms with Gasteiger partial charge in [0.25, 0.3) is 0 Å². The third-order valence-corrected chi connectivity index (χ3v) is 7.68. The zero-order valence-electron chi connectivity index (χ0n) is 43.0. The number of benzene rings is 8. The van der Waals surface area contributed by atoms with Gasteiger partial charge in [-0.1, -0.05) is 151 Å². The standard InChI is InChI=1S/C44H28O/c1-3-14-29(15-4-1)31-18-13-19-32(28-31)41-34-21-7-9-23-36(34)43(37-24-10-8-22-35(37)41)39-27-26-38-33-20-11-12-25-40(33)45-44(38)42(39)30-16-5-2-6-17-30/h1-28H/i1D,2D,3D,4D,5D,6D,11D,12D,13D,14D,15D,16D,17D,18D,19D,20D,25D,26D,27D,28D. The first kappa shape index (κ1) is 12.6. The van der Waals surface area contributed by atoms with Gasteiger partial charge in [-0.3, -0.25) is 0 Å². The van der Waals surface area contributed by atoms with E-state index in [1.54, 1.807) is 48.5 Å². The van der Waals surface area contributed by atoms with Gasteiger partial charge in [0.05, 0.1) is 27.4 Å². The molecule has 9 aromatic rings. The number of hydrogen-bond acceptors (Lipinski definition) is 1. The van der Waals surface area contributed by atoms with E-state index in [4.69, 9.17) is 26.3 Å². The number of para-hydroxylation sites is 1. The molecule has 0 amide bonds. The normalized spacial score (nSPS) is 17.8. The van der Waals surface area contributed by atoms with Crippen LogP contribution < -0.4 is 0 Å². The monoisotopic (exact) mass is 592 g/mol. The van der Waals surface area contributed by atoms with Crippen LogP contribution in [0.4, 0.5) is 0 Å². The van der Waals surface area contributed by atoms with Crippen molar-refractivity contribution in [3.8, 4) is 44.5 Å². The molecule has 45 heavy (non-hydrogen) atoms. The van der Waals surface area contributed by atoms with Crippen LogP contribution in [-0.4, -0.2) is 0 Å². The summed E-state index contributed by atoms with van der Waals surface area (Å²) >= 11 is 0. The van der Waals surface area contributed by atoms with Crippen molar-refractivity contribution in [1.82, 2.24) is 0 Å². The minimum atomic E-state index is -0.753. The number of furan rings is 1. The minimum Gasteiger partial charge on any atom is -0.455 e. The van der Waals surface area contributed by atoms with Gasteiger partial charge in [-0.2, -0.15) is 0 Å². The van der Waals surface area contributed by atoms with Crippen LogP contribution >= 0.6 is 0 Å². The van der Waals surface area contributed by atoms with Crippen molar-refractivity contribution in [2.24, 2.45) is 0 Å². The lowest BCUT2D eigenvalue weighted by Crippen LogP contribution is -1.93. The molecule has 0 fully saturated rings. The average Bonchev–Trinajstić information content (AvgIpc) is 3.70. The van der Waals surface area contributed by atoms with Crippen molar-refractivity contribution in [1.29, 1.82) is 0 Å². The Bertz CT molecular complexity index is 3550. The van der Waals surface area contributed by atoms with Gasteiger partial charge in [-0.25, -0.2) is 0 Å². The molecule has 1 heteroatoms. The van der Waals surface area contributed by atoms with Gasteiger partial charge < -0.3 is 4.42 Å². The number of rotatable bonds is 4. The molecular weight excluding hydrogens is 544 g/mol. The number of hydrogen-bond donors (Lipinski definition) is 0. The quantitative estimate of drug-likeness (QED) is 0.185. The summed E-state index contributed by atoms with van der Waals surface area (Å²) in [6, 6.07) is -0.810. The molecule has 0 unspecified atom stereocenters. The summed E-state index contributed by atoms with van der Waals surface area (Å²) in [6.45, 7) is 0. The van der Waals surface area contributed by atoms with E-state index in [0.717, 1.165) is 0 Å². The lowest BCUT2D eigenvalue weighted by molar-refractivity contribution is 0.670. The van der Waals surface area contributed by atoms with E-state index in [-0.39, 0.29) is 65.7 Å². The molecule has 9 rings (SSSR count). The summed E-state index contributed by atoms with van der Waals surface area (Å²) in [6.07, 6.45) is 0. The van der Waals surface area contributed by atoms with E-state index >= 15 is 0 Å². The third kappa shape index (κ3) is 4.09. The van der Waals surface area contributed by atoms with Gasteiger partial charge in [0, 0.05) is 16.3 Å². The molecule has 0 bridgehead atoms. The summed E-state index contributed by atoms with van der Waals surface area (Å²) in [5, 5.41) is 0.437. The highest BCUT2D eigenvalue weighted by atomic mass is 16.3. The molecule has 0 aliphatic rings. The van der Waals surface area contributed by atoms with Crippen molar-refractivity contribution < 1.29 is 31.8 Å². The summed E-state index contributed by atoms with van der Waals surface area (Å²) in [5.74, 6) is 0. The van der Waals surface area contributed by atoms with Crippen LogP contribution in [0.3, 0.4) is 0 Å². The first-order chi connectivity index (χ1) is 30.7. The highest BCUT2D eigenvalue weighted by Gasteiger charge is 2.22. The fraction of sp³-hybridized carbons (Fsp3) is 0. The Morgan fingerprint density at radius 1 is 0.378 bits per heavy atom. The van der Waals surface area contributed by atoms with E-state index in [1.165, 1.54) is 0 Å². The maximum absolute atomic E-state index is 9.77. The predicted molar refractivity (Wildman–Crippen MR) is 190 cm³/mol. The second-order valence-electron chi connectivity index (χ2n) is 10.1. The van der Waals surface area contributed by atoms with Crippen LogP contribution in [0.25, 0.3) is 88.0 Å². The second kappa shape index (κ2) is 10.4. The van der Waals surface area contributed by atoms with Crippen molar-refractivity contribution in [2.45, 2.75) is 0 Å². The fourth-order valence-corrected chi connectivity index (χ4v) is 5.85. The van der Waals surface area contributed by atoms with Gasteiger partial charge in [0.2, 0.25) is 0 Å². The maximum Gasteiger partial charge on any atom is 0.143 e. The summed E-state index contributed by atoms with van der Waals surface area (Å²) in [4.78, 5) is 0. The zero-order valence-corrected chi connectivity index (χ0v) is 23.0. The van der Waals surface area contributed by atoms with E-state index in [9.17, 15) is 5.48 Å². The fourth-order valence-electron chi connectivity index (χ4n) is 5.85. The molecule has 210 valence electrons. The summed E-state index contributed by atoms with van der Waals surface area (Å²) in [5.41, 5.74) is -2.73. The van der Waals surface area contributed by atoms with Crippen molar-refractivity contribution in [3.05, 3.63) is 169 Å². The molecule has 0 saturated heterocycles. The van der Waals surface area contributed by atoms with Crippen molar-refractivity contribution in [2.75, 3.05) is 0 Å². The Morgan fingerprint density at radius 3 is 1.62 bits per heavy atom. The molecule has 1 nitrogen and oxygen atoms in total. The first-order valence-electron chi connectivity index (χ1n) is 23.8. The molecule has 0 aliphatic carbocycles. The van der Waals surface area contributed by atoms with Gasteiger partial charge >= 0.3 is 0 Å². The van der Waals surface area contributed by atoms with Gasteiger partial charge in [-0.15, -0.1) is 0 Å². The zero-order chi connectivity index (χ0) is 47.1. The van der Waals surface area contributed by atoms with Crippen LogP contribution in [0, 0.1) is 0 Å². The topological polar surface area (TPSA) is 13.1 Å². The van der Waals surface area contributed by atoms with Gasteiger partial charge in [-0.05, 0) is 78.6 Å². The van der Waals surface area contributed by atoms with Crippen LogP contribution in [0.15, 0.2) is 174 Å². The third-order valence-electron chi connectivity index (χ3n) is 7.68. The molecule has 1 heterocycles. The molecule has 0 radical (unpaired) electrons. The second-order valence-corrected chi connectivity index (χ2v) is 10.1. The largest absolute Gasteiger partial charge is 0.455 e. The molecule has 0 N–H and O–H groups in total. The smallest absolute Gasteiger partial charge is 0.143 e. The van der Waals surface area contributed by atoms with E-state index in [2.05, 4.69) is 0 Å². The Balaban J connectivity index is 1.53. The number of fused-ring (bicyclic) bond motifs is 5. The van der Waals surface area contributed by atoms with Crippen molar-refractivity contribution in [3.63, 3.8) is 0 Å². The van der Waals surface area contributed by atoms with E-state index in [0.29, 0.717) is 0 Å². The summed E-state index contributed by atoms with van der Waals surface area (Å²) < 4.78 is 183. The lowest BCUT2D eigenvalue weighted by Gasteiger charge is -2.20. The average molecular weight is 593 g/mol. The van der Waals surface area contributed by atoms with Crippen LogP contribution in [0.1, 0.15) is 27.4 Å². The first-order valence-corrected chi connectivity index (χ1v) is 13.8. The molecule has 1 aromatic heterocycles. The highest BCUT2D eigenvalue weighted by Crippen LogP contribution is 2.49. The molecule has 8 aromatic carbocycles. The van der Waals surface area contributed by atoms with Crippen molar-refractivity contribution >= 4 is 43.5 Å². The van der Waals surface area contributed by atoms with Crippen LogP contribution in [-0.2, 0) is 0 Å². The molecular formula is C44H28O. The Morgan fingerprint density at radius 2 is 0.933 bits per heavy atom. The summed E-state index contributed by atoms with van der Waals surface area (Å²) in [7, 11) is 0. The van der Waals surface area contributed by atoms with Gasteiger partial charge in [0.15, 0.2) is 0 Å². The van der Waals surface area contributed by atoms with E-state index < -0.39 is 143 Å². The maximum atomic E-state index is 9.77. The Kier molecular flexibility index (Phi) is 2.90. The van der Waals surface area contributed by atoms with Crippen LogP contribution in [0.2, 0.25) is 0 Å². The Labute approximate surface area is 289 Å². The molecule has 0 spiro atoms.